The molecule has 1 rings (SSSR count). The van der Waals surface area contributed by atoms with Crippen molar-refractivity contribution in [2.24, 2.45) is 5.92 Å². The summed E-state index contributed by atoms with van der Waals surface area (Å²) in [6.07, 6.45) is 2.03. The maximum atomic E-state index is 12.3. The van der Waals surface area contributed by atoms with Crippen LogP contribution in [0.2, 0.25) is 0 Å². The van der Waals surface area contributed by atoms with E-state index in [-0.39, 0.29) is 11.9 Å². The molecule has 0 saturated carbocycles. The smallest absolute Gasteiger partial charge is 0.251 e. The third kappa shape index (κ3) is 7.04. The monoisotopic (exact) mass is 321 g/mol. The van der Waals surface area contributed by atoms with Gasteiger partial charge in [0.2, 0.25) is 0 Å². The third-order valence-corrected chi connectivity index (χ3v) is 3.43. The van der Waals surface area contributed by atoms with E-state index in [9.17, 15) is 4.79 Å². The molecule has 1 unspecified atom stereocenters. The number of hydrogen-bond acceptors (Lipinski definition) is 3. The summed E-state index contributed by atoms with van der Waals surface area (Å²) >= 11 is 0. The van der Waals surface area contributed by atoms with Gasteiger partial charge in [0, 0.05) is 23.8 Å². The van der Waals surface area contributed by atoms with Crippen molar-refractivity contribution < 1.29 is 14.3 Å². The lowest BCUT2D eigenvalue weighted by Crippen LogP contribution is -2.32. The number of carbonyl (C=O) groups excluding carboxylic acids is 1. The maximum absolute atomic E-state index is 12.3. The number of carbonyl (C=O) groups is 1. The zero-order valence-electron chi connectivity index (χ0n) is 15.1. The minimum Gasteiger partial charge on any atom is -0.494 e. The van der Waals surface area contributed by atoms with E-state index in [1.165, 1.54) is 0 Å². The van der Waals surface area contributed by atoms with Crippen molar-refractivity contribution in [1.82, 2.24) is 5.32 Å². The predicted octanol–water partition coefficient (Wildman–Crippen LogP) is 4.18. The summed E-state index contributed by atoms with van der Waals surface area (Å²) in [6, 6.07) is 5.72. The van der Waals surface area contributed by atoms with Crippen molar-refractivity contribution in [3.63, 3.8) is 0 Å². The normalized spacial score (nSPS) is 12.3. The van der Waals surface area contributed by atoms with E-state index < -0.39 is 0 Å². The SMILES string of the molecule is CCCC(C)NC(=O)c1ccc(OCC)c(COCC(C)C)c1. The highest BCUT2D eigenvalue weighted by Crippen LogP contribution is 2.22. The van der Waals surface area contributed by atoms with Crippen molar-refractivity contribution in [2.75, 3.05) is 13.2 Å². The molecule has 1 N–H and O–H groups in total. The van der Waals surface area contributed by atoms with E-state index in [4.69, 9.17) is 9.47 Å². The molecule has 4 heteroatoms. The Morgan fingerprint density at radius 2 is 1.96 bits per heavy atom. The second-order valence-corrected chi connectivity index (χ2v) is 6.33. The van der Waals surface area contributed by atoms with Crippen LogP contribution in [0.25, 0.3) is 0 Å². The van der Waals surface area contributed by atoms with Crippen LogP contribution < -0.4 is 10.1 Å². The van der Waals surface area contributed by atoms with Gasteiger partial charge < -0.3 is 14.8 Å². The summed E-state index contributed by atoms with van der Waals surface area (Å²) < 4.78 is 11.3. The summed E-state index contributed by atoms with van der Waals surface area (Å²) in [5, 5.41) is 3.03. The Hall–Kier alpha value is -1.55. The Balaban J connectivity index is 2.82. The maximum Gasteiger partial charge on any atom is 0.251 e. The molecule has 1 atom stereocenters. The van der Waals surface area contributed by atoms with E-state index in [2.05, 4.69) is 26.1 Å². The van der Waals surface area contributed by atoms with Gasteiger partial charge in [-0.25, -0.2) is 0 Å². The molecule has 4 nitrogen and oxygen atoms in total. The molecule has 0 aliphatic heterocycles. The molecule has 0 saturated heterocycles. The van der Waals surface area contributed by atoms with Crippen molar-refractivity contribution in [2.45, 2.75) is 60.1 Å². The zero-order chi connectivity index (χ0) is 17.2. The first-order chi connectivity index (χ1) is 11.0. The first-order valence-corrected chi connectivity index (χ1v) is 8.62. The van der Waals surface area contributed by atoms with Crippen LogP contribution in [0.5, 0.6) is 5.75 Å². The minimum atomic E-state index is -0.0425. The summed E-state index contributed by atoms with van der Waals surface area (Å²) in [4.78, 5) is 12.3. The fourth-order valence-electron chi connectivity index (χ4n) is 2.35. The van der Waals surface area contributed by atoms with Gasteiger partial charge in [-0.1, -0.05) is 27.2 Å². The van der Waals surface area contributed by atoms with E-state index in [0.717, 1.165) is 24.2 Å². The number of amides is 1. The fraction of sp³-hybridized carbons (Fsp3) is 0.632. The van der Waals surface area contributed by atoms with Crippen LogP contribution in [0.1, 0.15) is 63.4 Å². The first kappa shape index (κ1) is 19.5. The molecular weight excluding hydrogens is 290 g/mol. The van der Waals surface area contributed by atoms with Gasteiger partial charge in [0.1, 0.15) is 5.75 Å². The molecule has 0 radical (unpaired) electrons. The van der Waals surface area contributed by atoms with Gasteiger partial charge in [-0.3, -0.25) is 4.79 Å². The van der Waals surface area contributed by atoms with E-state index in [1.807, 2.05) is 32.0 Å². The number of benzene rings is 1. The molecular formula is C19H31NO3. The van der Waals surface area contributed by atoms with Crippen LogP contribution in [0, 0.1) is 5.92 Å². The third-order valence-electron chi connectivity index (χ3n) is 3.43. The highest BCUT2D eigenvalue weighted by Gasteiger charge is 2.13. The molecule has 1 aromatic carbocycles. The Morgan fingerprint density at radius 1 is 1.22 bits per heavy atom. The lowest BCUT2D eigenvalue weighted by molar-refractivity contribution is 0.0927. The highest BCUT2D eigenvalue weighted by molar-refractivity contribution is 5.94. The molecule has 0 heterocycles. The van der Waals surface area contributed by atoms with Crippen LogP contribution >= 0.6 is 0 Å². The topological polar surface area (TPSA) is 47.6 Å². The van der Waals surface area contributed by atoms with Gasteiger partial charge in [0.15, 0.2) is 0 Å². The highest BCUT2D eigenvalue weighted by atomic mass is 16.5. The van der Waals surface area contributed by atoms with Crippen LogP contribution in [0.3, 0.4) is 0 Å². The quantitative estimate of drug-likeness (QED) is 0.703. The molecule has 1 aromatic rings. The minimum absolute atomic E-state index is 0.0425. The van der Waals surface area contributed by atoms with Gasteiger partial charge in [0.05, 0.1) is 13.2 Å². The second-order valence-electron chi connectivity index (χ2n) is 6.33. The fourth-order valence-corrected chi connectivity index (χ4v) is 2.35. The van der Waals surface area contributed by atoms with Crippen molar-refractivity contribution in [3.05, 3.63) is 29.3 Å². The Morgan fingerprint density at radius 3 is 2.57 bits per heavy atom. The van der Waals surface area contributed by atoms with E-state index >= 15 is 0 Å². The molecule has 23 heavy (non-hydrogen) atoms. The van der Waals surface area contributed by atoms with E-state index in [0.29, 0.717) is 31.3 Å². The second kappa shape index (κ2) is 10.3. The van der Waals surface area contributed by atoms with Crippen LogP contribution in [0.4, 0.5) is 0 Å². The van der Waals surface area contributed by atoms with Gasteiger partial charge >= 0.3 is 0 Å². The molecule has 0 aliphatic carbocycles. The van der Waals surface area contributed by atoms with Gasteiger partial charge in [-0.15, -0.1) is 0 Å². The molecule has 0 spiro atoms. The summed E-state index contributed by atoms with van der Waals surface area (Å²) in [5.74, 6) is 1.22. The Labute approximate surface area is 140 Å². The van der Waals surface area contributed by atoms with Gasteiger partial charge in [-0.05, 0) is 44.4 Å². The average Bonchev–Trinajstić information content (AvgIpc) is 2.48. The number of rotatable bonds is 10. The number of nitrogens with one attached hydrogen (secondary N) is 1. The van der Waals surface area contributed by atoms with Crippen molar-refractivity contribution in [1.29, 1.82) is 0 Å². The Kier molecular flexibility index (Phi) is 8.70. The number of ether oxygens (including phenoxy) is 2. The molecule has 0 bridgehead atoms. The summed E-state index contributed by atoms with van der Waals surface area (Å²) in [5.41, 5.74) is 1.57. The average molecular weight is 321 g/mol. The van der Waals surface area contributed by atoms with Crippen molar-refractivity contribution >= 4 is 5.91 Å². The molecule has 130 valence electrons. The summed E-state index contributed by atoms with van der Waals surface area (Å²) in [6.45, 7) is 12.1. The lowest BCUT2D eigenvalue weighted by atomic mass is 10.1. The largest absolute Gasteiger partial charge is 0.494 e. The predicted molar refractivity (Wildman–Crippen MR) is 93.9 cm³/mol. The Bertz CT molecular complexity index is 486. The lowest BCUT2D eigenvalue weighted by Gasteiger charge is -2.15. The van der Waals surface area contributed by atoms with Gasteiger partial charge in [0.25, 0.3) is 5.91 Å². The summed E-state index contributed by atoms with van der Waals surface area (Å²) in [7, 11) is 0. The van der Waals surface area contributed by atoms with Crippen LogP contribution in [-0.4, -0.2) is 25.2 Å². The van der Waals surface area contributed by atoms with Crippen LogP contribution in [-0.2, 0) is 11.3 Å². The molecule has 0 aliphatic rings. The molecule has 1 amide bonds. The standard InChI is InChI=1S/C19H31NO3/c1-6-8-15(5)20-19(21)16-9-10-18(23-7-2)17(11-16)13-22-12-14(3)4/h9-11,14-15H,6-8,12-13H2,1-5H3,(H,20,21). The molecule has 0 aromatic heterocycles. The number of hydrogen-bond donors (Lipinski definition) is 1. The van der Waals surface area contributed by atoms with Crippen molar-refractivity contribution in [3.8, 4) is 5.75 Å². The van der Waals surface area contributed by atoms with Gasteiger partial charge in [-0.2, -0.15) is 0 Å². The molecule has 0 fully saturated rings. The van der Waals surface area contributed by atoms with E-state index in [1.54, 1.807) is 0 Å². The first-order valence-electron chi connectivity index (χ1n) is 8.62. The zero-order valence-corrected chi connectivity index (χ0v) is 15.1. The van der Waals surface area contributed by atoms with Crippen LogP contribution in [0.15, 0.2) is 18.2 Å².